The number of carbonyl (C=O) groups is 1. The first-order chi connectivity index (χ1) is 13.6. The lowest BCUT2D eigenvalue weighted by Gasteiger charge is -2.06. The average molecular weight is 410 g/mol. The van der Waals surface area contributed by atoms with Gasteiger partial charge in [-0.2, -0.15) is 18.5 Å². The first-order valence-corrected chi connectivity index (χ1v) is 9.79. The molecule has 7 nitrogen and oxygen atoms in total. The van der Waals surface area contributed by atoms with Gasteiger partial charge in [0, 0.05) is 11.6 Å². The summed E-state index contributed by atoms with van der Waals surface area (Å²) in [5.74, 6) is -0.235. The highest BCUT2D eigenvalue weighted by atomic mass is 32.1. The number of nitrogens with one attached hydrogen (secondary N) is 1. The van der Waals surface area contributed by atoms with E-state index in [-0.39, 0.29) is 17.2 Å². The second kappa shape index (κ2) is 6.43. The molecule has 10 heteroatoms. The number of hydrogen-bond acceptors (Lipinski definition) is 7. The van der Waals surface area contributed by atoms with E-state index < -0.39 is 0 Å². The molecule has 0 saturated heterocycles. The van der Waals surface area contributed by atoms with E-state index in [0.717, 1.165) is 17.2 Å². The second-order valence-electron chi connectivity index (χ2n) is 6.09. The van der Waals surface area contributed by atoms with Crippen LogP contribution in [-0.2, 0) is 0 Å². The van der Waals surface area contributed by atoms with Crippen LogP contribution in [0.25, 0.3) is 26.4 Å². The Bertz CT molecular complexity index is 1350. The van der Waals surface area contributed by atoms with Crippen LogP contribution in [0, 0.1) is 12.7 Å². The van der Waals surface area contributed by atoms with Gasteiger partial charge in [-0.15, -0.1) is 0 Å². The monoisotopic (exact) mass is 410 g/mol. The molecule has 0 aliphatic carbocycles. The van der Waals surface area contributed by atoms with Gasteiger partial charge in [-0.05, 0) is 37.3 Å². The summed E-state index contributed by atoms with van der Waals surface area (Å²) < 4.78 is 24.5. The Hall–Kier alpha value is -3.24. The Morgan fingerprint density at radius 1 is 1.14 bits per heavy atom. The molecule has 0 radical (unpaired) electrons. The highest BCUT2D eigenvalue weighted by Gasteiger charge is 2.17. The van der Waals surface area contributed by atoms with E-state index >= 15 is 0 Å². The summed E-state index contributed by atoms with van der Waals surface area (Å²) in [4.78, 5) is 17.1. The van der Waals surface area contributed by atoms with Crippen molar-refractivity contribution in [3.05, 3.63) is 59.5 Å². The third-order valence-electron chi connectivity index (χ3n) is 4.13. The van der Waals surface area contributed by atoms with Crippen molar-refractivity contribution in [2.24, 2.45) is 0 Å². The largest absolute Gasteiger partial charge is 0.306 e. The molecule has 1 N–H and O–H groups in total. The fourth-order valence-electron chi connectivity index (χ4n) is 2.84. The standard InChI is InChI=1S/C18H11FN6OS2/c1-9-7-15(20-17(26)10-5-6-12-13(8-10)24-28-23-12)25(22-9)18-21-16-11(19)3-2-4-14(16)27-18/h2-8H,1H3,(H,20,26). The van der Waals surface area contributed by atoms with Gasteiger partial charge >= 0.3 is 0 Å². The Morgan fingerprint density at radius 3 is 2.86 bits per heavy atom. The van der Waals surface area contributed by atoms with Crippen molar-refractivity contribution in [1.82, 2.24) is 23.5 Å². The molecule has 28 heavy (non-hydrogen) atoms. The Labute approximate surface area is 165 Å². The van der Waals surface area contributed by atoms with Crippen LogP contribution in [0.4, 0.5) is 10.2 Å². The second-order valence-corrected chi connectivity index (χ2v) is 7.63. The molecule has 3 aromatic heterocycles. The van der Waals surface area contributed by atoms with Crippen LogP contribution in [0.15, 0.2) is 42.5 Å². The minimum absolute atomic E-state index is 0.286. The van der Waals surface area contributed by atoms with E-state index in [1.807, 2.05) is 6.92 Å². The van der Waals surface area contributed by atoms with Crippen LogP contribution < -0.4 is 5.32 Å². The maximum Gasteiger partial charge on any atom is 0.256 e. The molecule has 0 aliphatic rings. The normalized spacial score (nSPS) is 11.4. The van der Waals surface area contributed by atoms with Gasteiger partial charge in [0.25, 0.3) is 5.91 Å². The van der Waals surface area contributed by atoms with Crippen LogP contribution in [0.3, 0.4) is 0 Å². The zero-order valence-corrected chi connectivity index (χ0v) is 16.0. The number of halogens is 1. The first-order valence-electron chi connectivity index (χ1n) is 8.24. The molecule has 5 rings (SSSR count). The number of aryl methyl sites for hydroxylation is 1. The number of fused-ring (bicyclic) bond motifs is 2. The van der Waals surface area contributed by atoms with Crippen LogP contribution in [-0.4, -0.2) is 29.4 Å². The molecule has 138 valence electrons. The van der Waals surface area contributed by atoms with E-state index in [1.165, 1.54) is 22.1 Å². The van der Waals surface area contributed by atoms with Gasteiger partial charge in [0.15, 0.2) is 0 Å². The van der Waals surface area contributed by atoms with Crippen molar-refractivity contribution in [2.75, 3.05) is 5.32 Å². The number of thiazole rings is 1. The molecule has 0 fully saturated rings. The van der Waals surface area contributed by atoms with Crippen molar-refractivity contribution in [1.29, 1.82) is 0 Å². The van der Waals surface area contributed by atoms with Gasteiger partial charge < -0.3 is 5.32 Å². The molecule has 0 atom stereocenters. The summed E-state index contributed by atoms with van der Waals surface area (Å²) in [6.07, 6.45) is 0. The van der Waals surface area contributed by atoms with E-state index in [4.69, 9.17) is 0 Å². The number of rotatable bonds is 3. The topological polar surface area (TPSA) is 85.6 Å². The number of nitrogens with zero attached hydrogens (tertiary/aromatic N) is 5. The lowest BCUT2D eigenvalue weighted by molar-refractivity contribution is 0.102. The summed E-state index contributed by atoms with van der Waals surface area (Å²) in [6, 6.07) is 11.7. The van der Waals surface area contributed by atoms with E-state index in [1.54, 1.807) is 36.4 Å². The Morgan fingerprint density at radius 2 is 2.00 bits per heavy atom. The van der Waals surface area contributed by atoms with Crippen LogP contribution in [0.5, 0.6) is 0 Å². The van der Waals surface area contributed by atoms with Gasteiger partial charge in [-0.3, -0.25) is 4.79 Å². The smallest absolute Gasteiger partial charge is 0.256 e. The summed E-state index contributed by atoms with van der Waals surface area (Å²) >= 11 is 2.40. The highest BCUT2D eigenvalue weighted by molar-refractivity contribution is 7.20. The summed E-state index contributed by atoms with van der Waals surface area (Å²) in [6.45, 7) is 1.81. The van der Waals surface area contributed by atoms with Crippen molar-refractivity contribution >= 4 is 56.0 Å². The number of benzene rings is 2. The highest BCUT2D eigenvalue weighted by Crippen LogP contribution is 2.29. The first kappa shape index (κ1) is 16.9. The Balaban J connectivity index is 1.52. The van der Waals surface area contributed by atoms with Crippen molar-refractivity contribution in [2.45, 2.75) is 6.92 Å². The van der Waals surface area contributed by atoms with Crippen molar-refractivity contribution < 1.29 is 9.18 Å². The maximum absolute atomic E-state index is 14.0. The molecule has 2 aromatic carbocycles. The fourth-order valence-corrected chi connectivity index (χ4v) is 4.30. The molecule has 1 amide bonds. The molecular weight excluding hydrogens is 399 g/mol. The number of para-hydroxylation sites is 1. The minimum Gasteiger partial charge on any atom is -0.306 e. The molecule has 0 bridgehead atoms. The quantitative estimate of drug-likeness (QED) is 0.482. The van der Waals surface area contributed by atoms with Gasteiger partial charge in [0.1, 0.15) is 28.2 Å². The number of hydrogen-bond donors (Lipinski definition) is 1. The molecule has 3 heterocycles. The lowest BCUT2D eigenvalue weighted by atomic mass is 10.2. The van der Waals surface area contributed by atoms with Gasteiger partial charge in [0.05, 0.1) is 22.1 Å². The summed E-state index contributed by atoms with van der Waals surface area (Å²) in [5, 5.41) is 7.73. The molecule has 0 unspecified atom stereocenters. The van der Waals surface area contributed by atoms with E-state index in [2.05, 4.69) is 24.1 Å². The van der Waals surface area contributed by atoms with Crippen molar-refractivity contribution in [3.8, 4) is 5.13 Å². The van der Waals surface area contributed by atoms with Crippen LogP contribution in [0.1, 0.15) is 16.1 Å². The predicted molar refractivity (Wildman–Crippen MR) is 107 cm³/mol. The third-order valence-corrected chi connectivity index (χ3v) is 5.68. The molecule has 0 spiro atoms. The SMILES string of the molecule is Cc1cc(NC(=O)c2ccc3nsnc3c2)n(-c2nc3c(F)cccc3s2)n1. The van der Waals surface area contributed by atoms with Crippen LogP contribution in [0.2, 0.25) is 0 Å². The maximum atomic E-state index is 14.0. The summed E-state index contributed by atoms with van der Waals surface area (Å²) in [7, 11) is 0. The predicted octanol–water partition coefficient (Wildman–Crippen LogP) is 4.19. The molecule has 0 aliphatic heterocycles. The minimum atomic E-state index is -0.389. The zero-order chi connectivity index (χ0) is 19.3. The Kier molecular flexibility index (Phi) is 3.88. The molecule has 5 aromatic rings. The van der Waals surface area contributed by atoms with Crippen LogP contribution >= 0.6 is 23.1 Å². The average Bonchev–Trinajstić information content (AvgIpc) is 3.39. The lowest BCUT2D eigenvalue weighted by Crippen LogP contribution is -2.15. The fraction of sp³-hybridized carbons (Fsp3) is 0.0556. The van der Waals surface area contributed by atoms with Gasteiger partial charge in [0.2, 0.25) is 5.13 Å². The molecular formula is C18H11FN6OS2. The zero-order valence-electron chi connectivity index (χ0n) is 14.4. The molecule has 0 saturated carbocycles. The van der Waals surface area contributed by atoms with Gasteiger partial charge in [-0.1, -0.05) is 17.4 Å². The number of anilines is 1. The van der Waals surface area contributed by atoms with Gasteiger partial charge in [-0.25, -0.2) is 9.37 Å². The number of amides is 1. The summed E-state index contributed by atoms with van der Waals surface area (Å²) in [5.41, 5.74) is 2.87. The van der Waals surface area contributed by atoms with E-state index in [9.17, 15) is 9.18 Å². The van der Waals surface area contributed by atoms with E-state index in [0.29, 0.717) is 32.4 Å². The van der Waals surface area contributed by atoms with Crippen molar-refractivity contribution in [3.63, 3.8) is 0 Å². The number of carbonyl (C=O) groups excluding carboxylic acids is 1. The third kappa shape index (κ3) is 2.83. The number of aromatic nitrogens is 5.